The van der Waals surface area contributed by atoms with Gasteiger partial charge in [0, 0.05) is 12.4 Å². The minimum Gasteiger partial charge on any atom is -0.481 e. The first-order valence-corrected chi connectivity index (χ1v) is 6.10. The molecule has 1 aromatic carbocycles. The summed E-state index contributed by atoms with van der Waals surface area (Å²) in [6.45, 7) is 0. The summed E-state index contributed by atoms with van der Waals surface area (Å²) in [6, 6.07) is 6.37. The number of hydrogen-bond acceptors (Lipinski definition) is 4. The molecule has 0 unspecified atom stereocenters. The molecule has 4 nitrogen and oxygen atoms in total. The van der Waals surface area contributed by atoms with E-state index in [0.29, 0.717) is 16.5 Å². The summed E-state index contributed by atoms with van der Waals surface area (Å²) in [5.41, 5.74) is 0.888. The third kappa shape index (κ3) is 2.65. The molecule has 94 valence electrons. The third-order valence-electron chi connectivity index (χ3n) is 2.37. The Labute approximate surface area is 107 Å². The SMILES string of the molecule is CN(c1nc(CC(=O)O)cs1)c1ccccc1F. The molecule has 18 heavy (non-hydrogen) atoms. The Morgan fingerprint density at radius 1 is 1.50 bits per heavy atom. The van der Waals surface area contributed by atoms with E-state index in [1.165, 1.54) is 17.4 Å². The van der Waals surface area contributed by atoms with E-state index in [2.05, 4.69) is 4.98 Å². The van der Waals surface area contributed by atoms with E-state index >= 15 is 0 Å². The van der Waals surface area contributed by atoms with Crippen molar-refractivity contribution in [3.8, 4) is 0 Å². The molecular formula is C12H11FN2O2S. The lowest BCUT2D eigenvalue weighted by Crippen LogP contribution is -2.11. The van der Waals surface area contributed by atoms with Crippen LogP contribution in [-0.4, -0.2) is 23.1 Å². The molecule has 1 N–H and O–H groups in total. The molecule has 0 atom stereocenters. The Bertz CT molecular complexity index is 571. The van der Waals surface area contributed by atoms with Gasteiger partial charge in [0.1, 0.15) is 5.82 Å². The maximum Gasteiger partial charge on any atom is 0.309 e. The zero-order valence-electron chi connectivity index (χ0n) is 9.63. The first kappa shape index (κ1) is 12.5. The molecule has 0 saturated heterocycles. The van der Waals surface area contributed by atoms with Crippen LogP contribution in [0.3, 0.4) is 0 Å². The first-order valence-electron chi connectivity index (χ1n) is 5.22. The van der Waals surface area contributed by atoms with Gasteiger partial charge in [-0.3, -0.25) is 4.79 Å². The molecule has 6 heteroatoms. The lowest BCUT2D eigenvalue weighted by molar-refractivity contribution is -0.136. The van der Waals surface area contributed by atoms with E-state index < -0.39 is 5.97 Å². The number of rotatable bonds is 4. The van der Waals surface area contributed by atoms with Crippen molar-refractivity contribution < 1.29 is 14.3 Å². The maximum atomic E-state index is 13.6. The number of thiazole rings is 1. The van der Waals surface area contributed by atoms with Crippen LogP contribution in [0, 0.1) is 5.82 Å². The number of carboxylic acid groups (broad SMARTS) is 1. The van der Waals surface area contributed by atoms with Crippen molar-refractivity contribution in [2.45, 2.75) is 6.42 Å². The van der Waals surface area contributed by atoms with Gasteiger partial charge in [0.2, 0.25) is 0 Å². The number of nitrogens with zero attached hydrogens (tertiary/aromatic N) is 2. The summed E-state index contributed by atoms with van der Waals surface area (Å²) in [7, 11) is 1.70. The van der Waals surface area contributed by atoms with E-state index in [1.807, 2.05) is 0 Å². The number of carbonyl (C=O) groups is 1. The summed E-state index contributed by atoms with van der Waals surface area (Å²) in [6.07, 6.45) is -0.123. The van der Waals surface area contributed by atoms with Crippen LogP contribution < -0.4 is 4.90 Å². The van der Waals surface area contributed by atoms with Gasteiger partial charge in [-0.05, 0) is 12.1 Å². The highest BCUT2D eigenvalue weighted by molar-refractivity contribution is 7.13. The van der Waals surface area contributed by atoms with Crippen LogP contribution in [0.15, 0.2) is 29.6 Å². The molecule has 0 saturated carbocycles. The fraction of sp³-hybridized carbons (Fsp3) is 0.167. The molecule has 0 aliphatic carbocycles. The van der Waals surface area contributed by atoms with Crippen LogP contribution in [0.5, 0.6) is 0 Å². The van der Waals surface area contributed by atoms with Gasteiger partial charge in [-0.15, -0.1) is 11.3 Å². The molecule has 0 amide bonds. The Morgan fingerprint density at radius 3 is 2.89 bits per heavy atom. The molecule has 1 aromatic heterocycles. The average molecular weight is 266 g/mol. The second-order valence-corrected chi connectivity index (χ2v) is 4.54. The molecule has 0 fully saturated rings. The molecule has 0 bridgehead atoms. The van der Waals surface area contributed by atoms with Gasteiger partial charge in [-0.25, -0.2) is 9.37 Å². The Morgan fingerprint density at radius 2 is 2.22 bits per heavy atom. The van der Waals surface area contributed by atoms with Crippen LogP contribution in [0.4, 0.5) is 15.2 Å². The highest BCUT2D eigenvalue weighted by atomic mass is 32.1. The molecule has 0 radical (unpaired) electrons. The van der Waals surface area contributed by atoms with Gasteiger partial charge in [0.15, 0.2) is 5.13 Å². The quantitative estimate of drug-likeness (QED) is 0.924. The summed E-state index contributed by atoms with van der Waals surface area (Å²) in [5, 5.41) is 10.9. The number of para-hydroxylation sites is 1. The van der Waals surface area contributed by atoms with Crippen molar-refractivity contribution in [2.75, 3.05) is 11.9 Å². The number of anilines is 2. The normalized spacial score (nSPS) is 10.3. The summed E-state index contributed by atoms with van der Waals surface area (Å²) < 4.78 is 13.6. The van der Waals surface area contributed by atoms with Crippen LogP contribution in [-0.2, 0) is 11.2 Å². The van der Waals surface area contributed by atoms with Gasteiger partial charge in [0.25, 0.3) is 0 Å². The third-order valence-corrected chi connectivity index (χ3v) is 3.34. The summed E-state index contributed by atoms with van der Waals surface area (Å²) in [5.74, 6) is -1.27. The van der Waals surface area contributed by atoms with Crippen LogP contribution >= 0.6 is 11.3 Å². The van der Waals surface area contributed by atoms with E-state index in [0.717, 1.165) is 0 Å². The number of halogens is 1. The predicted molar refractivity (Wildman–Crippen MR) is 67.9 cm³/mol. The highest BCUT2D eigenvalue weighted by Gasteiger charge is 2.13. The van der Waals surface area contributed by atoms with E-state index in [1.54, 1.807) is 35.5 Å². The first-order chi connectivity index (χ1) is 8.58. The number of hydrogen-bond donors (Lipinski definition) is 1. The monoisotopic (exact) mass is 266 g/mol. The van der Waals surface area contributed by atoms with Crippen molar-refractivity contribution >= 4 is 28.1 Å². The fourth-order valence-corrected chi connectivity index (χ4v) is 2.32. The van der Waals surface area contributed by atoms with Crippen molar-refractivity contribution in [1.29, 1.82) is 0 Å². The zero-order valence-corrected chi connectivity index (χ0v) is 10.4. The minimum absolute atomic E-state index is 0.123. The Hall–Kier alpha value is -1.95. The topological polar surface area (TPSA) is 53.4 Å². The van der Waals surface area contributed by atoms with Crippen molar-refractivity contribution in [3.05, 3.63) is 41.2 Å². The van der Waals surface area contributed by atoms with Crippen LogP contribution in [0.2, 0.25) is 0 Å². The minimum atomic E-state index is -0.930. The van der Waals surface area contributed by atoms with Crippen molar-refractivity contribution in [2.24, 2.45) is 0 Å². The van der Waals surface area contributed by atoms with Gasteiger partial charge in [0.05, 0.1) is 17.8 Å². The number of aliphatic carboxylic acids is 1. The lowest BCUT2D eigenvalue weighted by Gasteiger charge is -2.16. The van der Waals surface area contributed by atoms with Gasteiger partial charge < -0.3 is 10.0 Å². The number of carboxylic acids is 1. The molecule has 0 aliphatic heterocycles. The molecule has 2 aromatic rings. The molecule has 2 rings (SSSR count). The van der Waals surface area contributed by atoms with E-state index in [4.69, 9.17) is 5.11 Å². The highest BCUT2D eigenvalue weighted by Crippen LogP contribution is 2.28. The van der Waals surface area contributed by atoms with Crippen LogP contribution in [0.25, 0.3) is 0 Å². The van der Waals surface area contributed by atoms with Gasteiger partial charge >= 0.3 is 5.97 Å². The van der Waals surface area contributed by atoms with Crippen molar-refractivity contribution in [1.82, 2.24) is 4.98 Å². The summed E-state index contributed by atoms with van der Waals surface area (Å²) >= 11 is 1.29. The van der Waals surface area contributed by atoms with Crippen LogP contribution in [0.1, 0.15) is 5.69 Å². The standard InChI is InChI=1S/C12H11FN2O2S/c1-15(10-5-3-2-4-9(10)13)12-14-8(7-18-12)6-11(16)17/h2-5,7H,6H2,1H3,(H,16,17). The smallest absolute Gasteiger partial charge is 0.309 e. The fourth-order valence-electron chi connectivity index (χ4n) is 1.51. The lowest BCUT2D eigenvalue weighted by atomic mass is 10.3. The largest absolute Gasteiger partial charge is 0.481 e. The second-order valence-electron chi connectivity index (χ2n) is 3.70. The number of benzene rings is 1. The molecular weight excluding hydrogens is 255 g/mol. The average Bonchev–Trinajstić information content (AvgIpc) is 2.76. The number of aromatic nitrogens is 1. The maximum absolute atomic E-state index is 13.6. The Balaban J connectivity index is 2.24. The second kappa shape index (κ2) is 5.14. The van der Waals surface area contributed by atoms with Gasteiger partial charge in [-0.1, -0.05) is 12.1 Å². The van der Waals surface area contributed by atoms with E-state index in [-0.39, 0.29) is 12.2 Å². The van der Waals surface area contributed by atoms with Gasteiger partial charge in [-0.2, -0.15) is 0 Å². The summed E-state index contributed by atoms with van der Waals surface area (Å²) in [4.78, 5) is 16.3. The Kier molecular flexibility index (Phi) is 3.57. The van der Waals surface area contributed by atoms with Crippen molar-refractivity contribution in [3.63, 3.8) is 0 Å². The molecule has 0 spiro atoms. The molecule has 1 heterocycles. The predicted octanol–water partition coefficient (Wildman–Crippen LogP) is 2.68. The zero-order chi connectivity index (χ0) is 13.1. The van der Waals surface area contributed by atoms with E-state index in [9.17, 15) is 9.18 Å². The molecule has 0 aliphatic rings.